The van der Waals surface area contributed by atoms with E-state index in [2.05, 4.69) is 5.18 Å². The number of nitrogens with one attached hydrogen (secondary N) is 1. The van der Waals surface area contributed by atoms with Gasteiger partial charge in [0.2, 0.25) is 11.1 Å². The van der Waals surface area contributed by atoms with Crippen molar-refractivity contribution in [3.05, 3.63) is 49.3 Å². The van der Waals surface area contributed by atoms with E-state index in [1.807, 2.05) is 4.98 Å². The summed E-state index contributed by atoms with van der Waals surface area (Å²) in [5.41, 5.74) is -4.11. The van der Waals surface area contributed by atoms with Gasteiger partial charge in [0.05, 0.1) is 10.9 Å². The predicted octanol–water partition coefficient (Wildman–Crippen LogP) is 1.27. The van der Waals surface area contributed by atoms with Crippen LogP contribution in [0, 0.1) is 16.5 Å². The molecule has 1 heterocycles. The molecule has 1 aromatic carbocycles. The molecule has 0 bridgehead atoms. The molecule has 0 unspecified atom stereocenters. The summed E-state index contributed by atoms with van der Waals surface area (Å²) in [6.45, 7) is 0. The molecule has 0 saturated carbocycles. The second kappa shape index (κ2) is 3.99. The Kier molecular flexibility index (Phi) is 2.62. The molecule has 0 fully saturated rings. The summed E-state index contributed by atoms with van der Waals surface area (Å²) in [5, 5.41) is 10.8. The molecule has 0 amide bonds. The van der Waals surface area contributed by atoms with Gasteiger partial charge in [0.25, 0.3) is 5.56 Å². The van der Waals surface area contributed by atoms with Crippen LogP contribution in [0.1, 0.15) is 0 Å². The zero-order chi connectivity index (χ0) is 13.4. The van der Waals surface area contributed by atoms with Gasteiger partial charge >= 0.3 is 0 Å². The standard InChI is InChI=1S/C10H4F2N2O4/c11-3-1-4(12)6-5(2-3)13-10(17)7(14-18)9(16)8(6)15/h1-2H,(H,13,17)(H,15,16). The highest BCUT2D eigenvalue weighted by molar-refractivity contribution is 5.81. The van der Waals surface area contributed by atoms with Crippen molar-refractivity contribution in [2.75, 3.05) is 0 Å². The molecule has 2 aromatic rings. The minimum atomic E-state index is -1.32. The van der Waals surface area contributed by atoms with Crippen LogP contribution in [0.15, 0.2) is 26.9 Å². The van der Waals surface area contributed by atoms with E-state index in [1.165, 1.54) is 0 Å². The molecular formula is C10H4F2N2O4. The Morgan fingerprint density at radius 1 is 1.22 bits per heavy atom. The summed E-state index contributed by atoms with van der Waals surface area (Å²) in [6, 6.07) is 1.10. The van der Waals surface area contributed by atoms with Crippen LogP contribution in [0.25, 0.3) is 10.9 Å². The molecule has 0 aliphatic heterocycles. The summed E-state index contributed by atoms with van der Waals surface area (Å²) in [5.74, 6) is -3.58. The van der Waals surface area contributed by atoms with Gasteiger partial charge in [-0.25, -0.2) is 8.78 Å². The summed E-state index contributed by atoms with van der Waals surface area (Å²) in [6.07, 6.45) is 0. The predicted molar refractivity (Wildman–Crippen MR) is 57.9 cm³/mol. The average Bonchev–Trinajstić information content (AvgIpc) is 2.35. The second-order valence-corrected chi connectivity index (χ2v) is 3.38. The number of hydrogen-bond donors (Lipinski definition) is 2. The van der Waals surface area contributed by atoms with E-state index >= 15 is 0 Å². The van der Waals surface area contributed by atoms with Gasteiger partial charge in [-0.3, -0.25) is 9.59 Å². The van der Waals surface area contributed by atoms with E-state index in [0.717, 1.165) is 0 Å². The molecule has 0 spiro atoms. The number of fused-ring (bicyclic) bond motifs is 1. The van der Waals surface area contributed by atoms with Gasteiger partial charge < -0.3 is 10.1 Å². The molecule has 8 heteroatoms. The maximum atomic E-state index is 13.4. The van der Waals surface area contributed by atoms with E-state index in [0.29, 0.717) is 12.1 Å². The molecule has 2 rings (SSSR count). The van der Waals surface area contributed by atoms with Gasteiger partial charge in [0.15, 0.2) is 5.75 Å². The van der Waals surface area contributed by atoms with E-state index in [1.54, 1.807) is 0 Å². The van der Waals surface area contributed by atoms with Crippen LogP contribution in [0.4, 0.5) is 14.5 Å². The average molecular weight is 254 g/mol. The zero-order valence-corrected chi connectivity index (χ0v) is 8.53. The smallest absolute Gasteiger partial charge is 0.281 e. The monoisotopic (exact) mass is 254 g/mol. The van der Waals surface area contributed by atoms with E-state index < -0.39 is 45.0 Å². The van der Waals surface area contributed by atoms with Gasteiger partial charge in [0, 0.05) is 6.07 Å². The van der Waals surface area contributed by atoms with Gasteiger partial charge in [-0.15, -0.1) is 4.91 Å². The Balaban J connectivity index is 3.23. The van der Waals surface area contributed by atoms with Crippen molar-refractivity contribution in [2.45, 2.75) is 0 Å². The third-order valence-corrected chi connectivity index (χ3v) is 2.28. The highest BCUT2D eigenvalue weighted by Gasteiger charge is 2.16. The number of rotatable bonds is 1. The lowest BCUT2D eigenvalue weighted by molar-refractivity contribution is 0.472. The van der Waals surface area contributed by atoms with Crippen LogP contribution >= 0.6 is 0 Å². The van der Waals surface area contributed by atoms with Crippen molar-refractivity contribution in [3.8, 4) is 5.75 Å². The number of nitrogens with zero attached hydrogens (tertiary/aromatic N) is 1. The number of aromatic nitrogens is 1. The maximum Gasteiger partial charge on any atom is 0.281 e. The van der Waals surface area contributed by atoms with Crippen LogP contribution in [0.3, 0.4) is 0 Å². The summed E-state index contributed by atoms with van der Waals surface area (Å²) in [7, 11) is 0. The van der Waals surface area contributed by atoms with Gasteiger partial charge in [-0.1, -0.05) is 0 Å². The van der Waals surface area contributed by atoms with E-state index in [-0.39, 0.29) is 0 Å². The summed E-state index contributed by atoms with van der Waals surface area (Å²) < 4.78 is 26.4. The number of benzene rings is 1. The van der Waals surface area contributed by atoms with Crippen molar-refractivity contribution in [2.24, 2.45) is 5.18 Å². The fourth-order valence-corrected chi connectivity index (χ4v) is 1.50. The normalized spacial score (nSPS) is 10.6. The van der Waals surface area contributed by atoms with Crippen LogP contribution in [-0.4, -0.2) is 10.1 Å². The zero-order valence-electron chi connectivity index (χ0n) is 8.53. The summed E-state index contributed by atoms with van der Waals surface area (Å²) in [4.78, 5) is 35.2. The third-order valence-electron chi connectivity index (χ3n) is 2.28. The molecule has 0 radical (unpaired) electrons. The first-order chi connectivity index (χ1) is 8.45. The number of nitroso groups, excluding NO2 is 1. The Hall–Kier alpha value is -2.64. The third kappa shape index (κ3) is 1.63. The Morgan fingerprint density at radius 3 is 2.50 bits per heavy atom. The quantitative estimate of drug-likeness (QED) is 0.748. The fourth-order valence-electron chi connectivity index (χ4n) is 1.50. The lowest BCUT2D eigenvalue weighted by Gasteiger charge is -1.94. The highest BCUT2D eigenvalue weighted by Crippen LogP contribution is 2.20. The molecular weight excluding hydrogens is 250 g/mol. The Labute approximate surface area is 96.5 Å². The molecule has 18 heavy (non-hydrogen) atoms. The first-order valence-electron chi connectivity index (χ1n) is 4.57. The highest BCUT2D eigenvalue weighted by atomic mass is 19.1. The van der Waals surface area contributed by atoms with E-state index in [4.69, 9.17) is 0 Å². The van der Waals surface area contributed by atoms with Gasteiger partial charge in [0.1, 0.15) is 11.6 Å². The van der Waals surface area contributed by atoms with Crippen molar-refractivity contribution >= 4 is 16.6 Å². The van der Waals surface area contributed by atoms with Gasteiger partial charge in [-0.2, -0.15) is 0 Å². The number of H-pyrrole nitrogens is 1. The Morgan fingerprint density at radius 2 is 1.89 bits per heavy atom. The van der Waals surface area contributed by atoms with Crippen LogP contribution in [0.5, 0.6) is 5.75 Å². The van der Waals surface area contributed by atoms with Gasteiger partial charge in [-0.05, 0) is 11.2 Å². The fraction of sp³-hybridized carbons (Fsp3) is 0. The largest absolute Gasteiger partial charge is 0.502 e. The van der Waals surface area contributed by atoms with Crippen LogP contribution in [0.2, 0.25) is 0 Å². The molecule has 0 saturated heterocycles. The van der Waals surface area contributed by atoms with Crippen LogP contribution in [-0.2, 0) is 0 Å². The summed E-state index contributed by atoms with van der Waals surface area (Å²) >= 11 is 0. The minimum absolute atomic E-state index is 0.412. The second-order valence-electron chi connectivity index (χ2n) is 3.38. The molecule has 1 aromatic heterocycles. The number of aromatic amines is 1. The first kappa shape index (κ1) is 11.8. The molecule has 6 nitrogen and oxygen atoms in total. The number of halogens is 2. The number of aromatic hydroxyl groups is 1. The molecule has 0 aliphatic carbocycles. The minimum Gasteiger partial charge on any atom is -0.502 e. The molecule has 0 atom stereocenters. The van der Waals surface area contributed by atoms with Crippen LogP contribution < -0.4 is 11.0 Å². The van der Waals surface area contributed by atoms with Crippen molar-refractivity contribution in [1.29, 1.82) is 0 Å². The molecule has 92 valence electrons. The molecule has 0 aliphatic rings. The van der Waals surface area contributed by atoms with Crippen molar-refractivity contribution < 1.29 is 13.9 Å². The van der Waals surface area contributed by atoms with Crippen molar-refractivity contribution in [3.63, 3.8) is 0 Å². The van der Waals surface area contributed by atoms with Crippen molar-refractivity contribution in [1.82, 2.24) is 4.98 Å². The topological polar surface area (TPSA) is 99.6 Å². The lowest BCUT2D eigenvalue weighted by atomic mass is 10.2. The first-order valence-corrected chi connectivity index (χ1v) is 4.57. The Bertz CT molecular complexity index is 785. The van der Waals surface area contributed by atoms with E-state index in [9.17, 15) is 28.4 Å². The maximum absolute atomic E-state index is 13.4. The SMILES string of the molecule is O=Nc1c(O)c(=O)c2c(F)cc(F)cc2[nH]c1=O. The lowest BCUT2D eigenvalue weighted by Crippen LogP contribution is -2.01. The number of hydrogen-bond acceptors (Lipinski definition) is 5. The molecule has 2 N–H and O–H groups in total.